The van der Waals surface area contributed by atoms with E-state index < -0.39 is 0 Å². The number of aromatic nitrogens is 3. The molecule has 0 N–H and O–H groups in total. The minimum Gasteiger partial charge on any atom is -0.325 e. The lowest BCUT2D eigenvalue weighted by Gasteiger charge is -2.29. The molecule has 0 fully saturated rings. The Bertz CT molecular complexity index is 1390. The van der Waals surface area contributed by atoms with Crippen molar-refractivity contribution in [2.75, 3.05) is 4.90 Å². The third kappa shape index (κ3) is 3.66. The van der Waals surface area contributed by atoms with Crippen molar-refractivity contribution in [2.24, 2.45) is 0 Å². The van der Waals surface area contributed by atoms with Crippen molar-refractivity contribution in [1.29, 1.82) is 5.26 Å². The lowest BCUT2D eigenvalue weighted by Crippen LogP contribution is -2.27. The first-order valence-corrected chi connectivity index (χ1v) is 11.7. The number of hydrogen-bond acceptors (Lipinski definition) is 4. The number of para-hydroxylation sites is 1. The third-order valence-corrected chi connectivity index (χ3v) is 6.65. The summed E-state index contributed by atoms with van der Waals surface area (Å²) >= 11 is 0. The van der Waals surface area contributed by atoms with Gasteiger partial charge in [-0.1, -0.05) is 37.3 Å². The monoisotopic (exact) mass is 435 g/mol. The van der Waals surface area contributed by atoms with E-state index in [0.29, 0.717) is 0 Å². The zero-order valence-corrected chi connectivity index (χ0v) is 19.8. The average Bonchev–Trinajstić information content (AvgIpc) is 3.07. The maximum atomic E-state index is 9.75. The Labute approximate surface area is 195 Å². The van der Waals surface area contributed by atoms with E-state index in [-0.39, 0.29) is 6.04 Å². The molecule has 0 saturated heterocycles. The van der Waals surface area contributed by atoms with Gasteiger partial charge in [0.2, 0.25) is 0 Å². The topological polar surface area (TPSA) is 57.7 Å². The van der Waals surface area contributed by atoms with Crippen LogP contribution in [0.2, 0.25) is 0 Å². The molecule has 2 aromatic carbocycles. The zero-order chi connectivity index (χ0) is 23.1. The van der Waals surface area contributed by atoms with Crippen LogP contribution >= 0.6 is 0 Å². The molecule has 1 unspecified atom stereocenters. The smallest absolute Gasteiger partial charge is 0.160 e. The summed E-state index contributed by atoms with van der Waals surface area (Å²) in [5.41, 5.74) is 10.2. The predicted octanol–water partition coefficient (Wildman–Crippen LogP) is 5.81. The minimum atomic E-state index is -0.242. The first-order valence-electron chi connectivity index (χ1n) is 11.7. The van der Waals surface area contributed by atoms with E-state index in [9.17, 15) is 5.26 Å². The number of hydrogen-bond donors (Lipinski definition) is 0. The largest absolute Gasteiger partial charge is 0.325 e. The van der Waals surface area contributed by atoms with Gasteiger partial charge in [0.25, 0.3) is 0 Å². The number of aryl methyl sites for hydroxylation is 5. The Hall–Kier alpha value is -3.65. The molecule has 3 heterocycles. The van der Waals surface area contributed by atoms with E-state index in [1.165, 1.54) is 22.3 Å². The molecule has 0 amide bonds. The Morgan fingerprint density at radius 2 is 1.76 bits per heavy atom. The van der Waals surface area contributed by atoms with Crippen LogP contribution in [-0.2, 0) is 25.8 Å². The van der Waals surface area contributed by atoms with Crippen LogP contribution in [0.1, 0.15) is 47.6 Å². The van der Waals surface area contributed by atoms with Gasteiger partial charge in [0.05, 0.1) is 12.6 Å². The summed E-state index contributed by atoms with van der Waals surface area (Å²) in [6.07, 6.45) is 2.79. The van der Waals surface area contributed by atoms with Gasteiger partial charge in [-0.3, -0.25) is 0 Å². The number of nitriles is 1. The Kier molecular flexibility index (Phi) is 5.38. The van der Waals surface area contributed by atoms with Crippen LogP contribution in [0.15, 0.2) is 48.5 Å². The fourth-order valence-electron chi connectivity index (χ4n) is 5.07. The quantitative estimate of drug-likeness (QED) is 0.406. The molecule has 0 bridgehead atoms. The van der Waals surface area contributed by atoms with Crippen molar-refractivity contribution in [3.05, 3.63) is 82.3 Å². The van der Waals surface area contributed by atoms with E-state index in [4.69, 9.17) is 9.97 Å². The van der Waals surface area contributed by atoms with Crippen LogP contribution in [0.25, 0.3) is 11.2 Å². The lowest BCUT2D eigenvalue weighted by atomic mass is 10.0. The summed E-state index contributed by atoms with van der Waals surface area (Å²) in [7, 11) is 0. The van der Waals surface area contributed by atoms with Crippen LogP contribution in [0.3, 0.4) is 0 Å². The Morgan fingerprint density at radius 3 is 2.55 bits per heavy atom. The second kappa shape index (κ2) is 8.37. The number of fused-ring (bicyclic) bond motifs is 3. The number of pyridine rings is 1. The molecule has 33 heavy (non-hydrogen) atoms. The van der Waals surface area contributed by atoms with Crippen molar-refractivity contribution in [3.63, 3.8) is 0 Å². The molecular weight excluding hydrogens is 406 g/mol. The van der Waals surface area contributed by atoms with E-state index >= 15 is 0 Å². The van der Waals surface area contributed by atoms with Crippen LogP contribution < -0.4 is 4.90 Å². The molecule has 5 heteroatoms. The molecule has 1 atom stereocenters. The standard InChI is InChI=1S/C28H29N5/c1-5-26-31-27-18(2)14-19(3)30-28(27)32(26)17-21-10-13-25-23(15-21)12-11-22-8-6-7-9-24(22)33(25)20(4)16-29/h6-10,13-15,20H,5,11-12,17H2,1-4H3. The van der Waals surface area contributed by atoms with Gasteiger partial charge in [0.15, 0.2) is 5.65 Å². The van der Waals surface area contributed by atoms with Crippen LogP contribution in [0, 0.1) is 25.2 Å². The molecule has 0 radical (unpaired) electrons. The van der Waals surface area contributed by atoms with Gasteiger partial charge in [-0.25, -0.2) is 9.97 Å². The van der Waals surface area contributed by atoms with Crippen LogP contribution in [-0.4, -0.2) is 20.6 Å². The zero-order valence-electron chi connectivity index (χ0n) is 19.8. The fourth-order valence-corrected chi connectivity index (χ4v) is 5.07. The highest BCUT2D eigenvalue weighted by atomic mass is 15.2. The van der Waals surface area contributed by atoms with Gasteiger partial charge < -0.3 is 9.47 Å². The number of imidazole rings is 1. The van der Waals surface area contributed by atoms with E-state index in [2.05, 4.69) is 77.9 Å². The van der Waals surface area contributed by atoms with Gasteiger partial charge in [-0.15, -0.1) is 0 Å². The summed E-state index contributed by atoms with van der Waals surface area (Å²) in [6.45, 7) is 9.01. The van der Waals surface area contributed by atoms with Crippen LogP contribution in [0.5, 0.6) is 0 Å². The molecule has 1 aliphatic heterocycles. The highest BCUT2D eigenvalue weighted by molar-refractivity contribution is 5.76. The highest BCUT2D eigenvalue weighted by Gasteiger charge is 2.25. The molecule has 5 rings (SSSR count). The second-order valence-corrected chi connectivity index (χ2v) is 8.99. The first-order chi connectivity index (χ1) is 16.0. The van der Waals surface area contributed by atoms with E-state index in [0.717, 1.165) is 59.9 Å². The predicted molar refractivity (Wildman–Crippen MR) is 133 cm³/mol. The van der Waals surface area contributed by atoms with Crippen LogP contribution in [0.4, 0.5) is 11.4 Å². The molecule has 4 aromatic rings. The normalized spacial score (nSPS) is 13.8. The minimum absolute atomic E-state index is 0.242. The van der Waals surface area contributed by atoms with Crippen molar-refractivity contribution in [1.82, 2.24) is 14.5 Å². The maximum Gasteiger partial charge on any atom is 0.160 e. The summed E-state index contributed by atoms with van der Waals surface area (Å²) in [5, 5.41) is 9.75. The molecule has 1 aliphatic rings. The van der Waals surface area contributed by atoms with E-state index in [1.54, 1.807) is 0 Å². The summed E-state index contributed by atoms with van der Waals surface area (Å²) in [6, 6.07) is 19.5. The molecule has 166 valence electrons. The third-order valence-electron chi connectivity index (χ3n) is 6.65. The number of benzene rings is 2. The molecule has 0 saturated carbocycles. The number of rotatable bonds is 4. The molecule has 0 aliphatic carbocycles. The summed E-state index contributed by atoms with van der Waals surface area (Å²) in [4.78, 5) is 11.9. The second-order valence-electron chi connectivity index (χ2n) is 8.99. The number of anilines is 2. The van der Waals surface area contributed by atoms with Gasteiger partial charge in [-0.05, 0) is 74.1 Å². The first kappa shape index (κ1) is 21.2. The maximum absolute atomic E-state index is 9.75. The van der Waals surface area contributed by atoms with Crippen molar-refractivity contribution in [3.8, 4) is 6.07 Å². The Balaban J connectivity index is 1.59. The van der Waals surface area contributed by atoms with Crippen molar-refractivity contribution >= 4 is 22.5 Å². The van der Waals surface area contributed by atoms with Gasteiger partial charge in [0.1, 0.15) is 17.4 Å². The fraction of sp³-hybridized carbons (Fsp3) is 0.321. The van der Waals surface area contributed by atoms with Gasteiger partial charge >= 0.3 is 0 Å². The molecule has 0 spiro atoms. The Morgan fingerprint density at radius 1 is 1.00 bits per heavy atom. The SMILES string of the molecule is CCc1nc2c(C)cc(C)nc2n1Cc1ccc2c(c1)CCc1ccccc1N2C(C)C#N. The average molecular weight is 436 g/mol. The molecule has 2 aromatic heterocycles. The molecular formula is C28H29N5. The number of nitrogens with zero attached hydrogens (tertiary/aromatic N) is 5. The lowest BCUT2D eigenvalue weighted by molar-refractivity contribution is 0.744. The van der Waals surface area contributed by atoms with E-state index in [1.807, 2.05) is 13.8 Å². The van der Waals surface area contributed by atoms with Crippen molar-refractivity contribution in [2.45, 2.75) is 59.5 Å². The molecule has 5 nitrogen and oxygen atoms in total. The van der Waals surface area contributed by atoms with Gasteiger partial charge in [-0.2, -0.15) is 5.26 Å². The summed E-state index contributed by atoms with van der Waals surface area (Å²) < 4.78 is 2.26. The summed E-state index contributed by atoms with van der Waals surface area (Å²) in [5.74, 6) is 1.06. The highest BCUT2D eigenvalue weighted by Crippen LogP contribution is 2.38. The van der Waals surface area contributed by atoms with Gasteiger partial charge in [0, 0.05) is 23.5 Å². The van der Waals surface area contributed by atoms with Crippen molar-refractivity contribution < 1.29 is 0 Å².